The van der Waals surface area contributed by atoms with E-state index in [-0.39, 0.29) is 6.61 Å². The molecule has 14 heavy (non-hydrogen) atoms. The molecule has 1 N–H and O–H groups in total. The third-order valence-electron chi connectivity index (χ3n) is 2.42. The Kier molecular flexibility index (Phi) is 2.25. The number of nitrogens with zero attached hydrogens (tertiary/aromatic N) is 2. The lowest BCUT2D eigenvalue weighted by Gasteiger charge is -2.03. The number of aromatic nitrogens is 2. The molecule has 0 unspecified atom stereocenters. The second kappa shape index (κ2) is 3.42. The second-order valence-electron chi connectivity index (χ2n) is 3.53. The van der Waals surface area contributed by atoms with Crippen LogP contribution in [0.2, 0.25) is 0 Å². The molecule has 0 atom stereocenters. The van der Waals surface area contributed by atoms with Crippen molar-refractivity contribution < 1.29 is 5.11 Å². The Morgan fingerprint density at radius 3 is 2.86 bits per heavy atom. The van der Waals surface area contributed by atoms with Gasteiger partial charge in [-0.15, -0.1) is 0 Å². The summed E-state index contributed by atoms with van der Waals surface area (Å²) >= 11 is 0. The molecule has 0 bridgehead atoms. The van der Waals surface area contributed by atoms with E-state index in [2.05, 4.69) is 30.1 Å². The zero-order valence-corrected chi connectivity index (χ0v) is 8.49. The van der Waals surface area contributed by atoms with Crippen molar-refractivity contribution in [2.24, 2.45) is 0 Å². The van der Waals surface area contributed by atoms with Gasteiger partial charge in [0.15, 0.2) is 0 Å². The lowest BCUT2D eigenvalue weighted by Crippen LogP contribution is -2.03. The van der Waals surface area contributed by atoms with Crippen LogP contribution in [0, 0.1) is 13.8 Å². The predicted molar refractivity (Wildman–Crippen MR) is 56.3 cm³/mol. The first-order valence-electron chi connectivity index (χ1n) is 4.76. The van der Waals surface area contributed by atoms with Crippen LogP contribution >= 0.6 is 0 Å². The highest BCUT2D eigenvalue weighted by Gasteiger charge is 2.05. The number of rotatable bonds is 2. The Bertz CT molecular complexity index is 460. The molecule has 0 aliphatic heterocycles. The molecule has 0 saturated carbocycles. The number of aliphatic hydroxyl groups excluding tert-OH is 1. The van der Waals surface area contributed by atoms with E-state index in [0.717, 1.165) is 16.9 Å². The number of hydrogen-bond donors (Lipinski definition) is 1. The molecule has 0 aliphatic rings. The summed E-state index contributed by atoms with van der Waals surface area (Å²) in [7, 11) is 0. The number of aryl methyl sites for hydroxylation is 2. The van der Waals surface area contributed by atoms with Gasteiger partial charge in [0.2, 0.25) is 0 Å². The minimum atomic E-state index is 0.153. The lowest BCUT2D eigenvalue weighted by molar-refractivity contribution is 0.276. The quantitative estimate of drug-likeness (QED) is 0.781. The fraction of sp³-hybridized carbons (Fsp3) is 0.364. The summed E-state index contributed by atoms with van der Waals surface area (Å²) in [5, 5.41) is 8.93. The highest BCUT2D eigenvalue weighted by atomic mass is 16.3. The van der Waals surface area contributed by atoms with E-state index in [1.54, 1.807) is 0 Å². The van der Waals surface area contributed by atoms with Crippen LogP contribution in [0.4, 0.5) is 0 Å². The van der Waals surface area contributed by atoms with Gasteiger partial charge in [0, 0.05) is 6.54 Å². The Morgan fingerprint density at radius 2 is 2.14 bits per heavy atom. The number of fused-ring (bicyclic) bond motifs is 1. The minimum absolute atomic E-state index is 0.153. The standard InChI is InChI=1S/C11H14N2O/c1-8-3-4-11-10(7-8)12-9(2)13(11)5-6-14/h3-4,7,14H,5-6H2,1-2H3. The SMILES string of the molecule is Cc1ccc2c(c1)nc(C)n2CCO. The van der Waals surface area contributed by atoms with Gasteiger partial charge >= 0.3 is 0 Å². The van der Waals surface area contributed by atoms with Crippen molar-refractivity contribution in [1.82, 2.24) is 9.55 Å². The van der Waals surface area contributed by atoms with E-state index in [1.807, 2.05) is 11.5 Å². The van der Waals surface area contributed by atoms with Gasteiger partial charge in [-0.3, -0.25) is 0 Å². The first-order chi connectivity index (χ1) is 6.72. The molecule has 0 aliphatic carbocycles. The maximum Gasteiger partial charge on any atom is 0.106 e. The maximum absolute atomic E-state index is 8.93. The molecule has 0 saturated heterocycles. The van der Waals surface area contributed by atoms with Gasteiger partial charge in [0.1, 0.15) is 5.82 Å². The van der Waals surface area contributed by atoms with Crippen LogP contribution in [-0.2, 0) is 6.54 Å². The van der Waals surface area contributed by atoms with E-state index in [0.29, 0.717) is 6.54 Å². The highest BCUT2D eigenvalue weighted by Crippen LogP contribution is 2.16. The molecule has 3 heteroatoms. The Balaban J connectivity index is 2.64. The van der Waals surface area contributed by atoms with Crippen molar-refractivity contribution in [3.8, 4) is 0 Å². The van der Waals surface area contributed by atoms with Crippen LogP contribution in [0.5, 0.6) is 0 Å². The number of aliphatic hydroxyl groups is 1. The molecule has 1 heterocycles. The lowest BCUT2D eigenvalue weighted by atomic mass is 10.2. The largest absolute Gasteiger partial charge is 0.395 e. The molecule has 2 rings (SSSR count). The summed E-state index contributed by atoms with van der Waals surface area (Å²) in [6.45, 7) is 4.79. The van der Waals surface area contributed by atoms with E-state index >= 15 is 0 Å². The Labute approximate surface area is 83.0 Å². The molecule has 0 amide bonds. The summed E-state index contributed by atoms with van der Waals surface area (Å²) < 4.78 is 2.04. The molecule has 1 aromatic heterocycles. The highest BCUT2D eigenvalue weighted by molar-refractivity contribution is 5.76. The monoisotopic (exact) mass is 190 g/mol. The topological polar surface area (TPSA) is 38.0 Å². The number of imidazole rings is 1. The minimum Gasteiger partial charge on any atom is -0.395 e. The Morgan fingerprint density at radius 1 is 1.36 bits per heavy atom. The fourth-order valence-corrected chi connectivity index (χ4v) is 1.74. The summed E-state index contributed by atoms with van der Waals surface area (Å²) in [5.41, 5.74) is 3.32. The van der Waals surface area contributed by atoms with Crippen molar-refractivity contribution in [2.45, 2.75) is 20.4 Å². The van der Waals surface area contributed by atoms with E-state index in [9.17, 15) is 0 Å². The van der Waals surface area contributed by atoms with Gasteiger partial charge in [0.25, 0.3) is 0 Å². The van der Waals surface area contributed by atoms with Crippen molar-refractivity contribution in [1.29, 1.82) is 0 Å². The number of hydrogen-bond acceptors (Lipinski definition) is 2. The third-order valence-corrected chi connectivity index (χ3v) is 2.42. The van der Waals surface area contributed by atoms with Crippen LogP contribution in [-0.4, -0.2) is 21.3 Å². The molecule has 0 spiro atoms. The van der Waals surface area contributed by atoms with E-state index < -0.39 is 0 Å². The van der Waals surface area contributed by atoms with Gasteiger partial charge in [0.05, 0.1) is 17.6 Å². The maximum atomic E-state index is 8.93. The fourth-order valence-electron chi connectivity index (χ4n) is 1.74. The second-order valence-corrected chi connectivity index (χ2v) is 3.53. The zero-order chi connectivity index (χ0) is 10.1. The van der Waals surface area contributed by atoms with E-state index in [1.165, 1.54) is 5.56 Å². The summed E-state index contributed by atoms with van der Waals surface area (Å²) in [6.07, 6.45) is 0. The van der Waals surface area contributed by atoms with Gasteiger partial charge in [-0.2, -0.15) is 0 Å². The number of benzene rings is 1. The van der Waals surface area contributed by atoms with Crippen molar-refractivity contribution >= 4 is 11.0 Å². The zero-order valence-electron chi connectivity index (χ0n) is 8.49. The van der Waals surface area contributed by atoms with Crippen molar-refractivity contribution in [3.63, 3.8) is 0 Å². The van der Waals surface area contributed by atoms with Gasteiger partial charge < -0.3 is 9.67 Å². The van der Waals surface area contributed by atoms with Gasteiger partial charge in [-0.25, -0.2) is 4.98 Å². The molecule has 0 radical (unpaired) electrons. The normalized spacial score (nSPS) is 11.1. The van der Waals surface area contributed by atoms with Crippen LogP contribution in [0.1, 0.15) is 11.4 Å². The van der Waals surface area contributed by atoms with E-state index in [4.69, 9.17) is 5.11 Å². The molecular formula is C11H14N2O. The average molecular weight is 190 g/mol. The first-order valence-corrected chi connectivity index (χ1v) is 4.76. The summed E-state index contributed by atoms with van der Waals surface area (Å²) in [6, 6.07) is 6.19. The first kappa shape index (κ1) is 9.21. The van der Waals surface area contributed by atoms with Gasteiger partial charge in [-0.1, -0.05) is 6.07 Å². The van der Waals surface area contributed by atoms with Crippen molar-refractivity contribution in [3.05, 3.63) is 29.6 Å². The molecule has 1 aromatic carbocycles. The summed E-state index contributed by atoms with van der Waals surface area (Å²) in [5.74, 6) is 0.958. The van der Waals surface area contributed by atoms with Crippen LogP contribution in [0.25, 0.3) is 11.0 Å². The molecule has 74 valence electrons. The van der Waals surface area contributed by atoms with Crippen LogP contribution in [0.15, 0.2) is 18.2 Å². The van der Waals surface area contributed by atoms with Crippen molar-refractivity contribution in [2.75, 3.05) is 6.61 Å². The van der Waals surface area contributed by atoms with Gasteiger partial charge in [-0.05, 0) is 31.5 Å². The molecular weight excluding hydrogens is 176 g/mol. The third kappa shape index (κ3) is 1.40. The smallest absolute Gasteiger partial charge is 0.106 e. The van der Waals surface area contributed by atoms with Crippen LogP contribution < -0.4 is 0 Å². The Hall–Kier alpha value is -1.35. The molecule has 3 nitrogen and oxygen atoms in total. The molecule has 2 aromatic rings. The molecule has 0 fully saturated rings. The van der Waals surface area contributed by atoms with Crippen LogP contribution in [0.3, 0.4) is 0 Å². The average Bonchev–Trinajstić information content (AvgIpc) is 2.43. The summed E-state index contributed by atoms with van der Waals surface area (Å²) in [4.78, 5) is 4.44. The predicted octanol–water partition coefficient (Wildman–Crippen LogP) is 1.65.